The Morgan fingerprint density at radius 3 is 2.48 bits per heavy atom. The van der Waals surface area contributed by atoms with Crippen molar-refractivity contribution in [3.05, 3.63) is 41.0 Å². The van der Waals surface area contributed by atoms with Crippen molar-refractivity contribution in [2.75, 3.05) is 37.5 Å². The van der Waals surface area contributed by atoms with Crippen LogP contribution in [0.4, 0.5) is 11.8 Å². The maximum atomic E-state index is 5.77. The van der Waals surface area contributed by atoms with Crippen LogP contribution in [0.1, 0.15) is 25.7 Å². The fraction of sp³-hybridized carbons (Fsp3) is 0.500. The molecule has 7 heteroatoms. The lowest BCUT2D eigenvalue weighted by atomic mass is 9.91. The number of hydrogen-bond acceptors (Lipinski definition) is 6. The number of nitrogens with one attached hydrogen (secondary N) is 2. The highest BCUT2D eigenvalue weighted by Gasteiger charge is 2.21. The van der Waals surface area contributed by atoms with Crippen molar-refractivity contribution in [2.45, 2.75) is 37.8 Å². The van der Waals surface area contributed by atoms with E-state index < -0.39 is 0 Å². The molecule has 2 N–H and O–H groups in total. The molecule has 27 heavy (non-hydrogen) atoms. The topological polar surface area (TPSA) is 62.3 Å². The number of nitrogens with zero attached hydrogens (tertiary/aromatic N) is 3. The summed E-state index contributed by atoms with van der Waals surface area (Å²) in [6, 6.07) is 10.9. The average molecular weight is 434 g/mol. The maximum absolute atomic E-state index is 5.77. The molecule has 1 saturated carbocycles. The lowest BCUT2D eigenvalue weighted by molar-refractivity contribution is 0.285. The first-order valence-electron chi connectivity index (χ1n) is 9.49. The van der Waals surface area contributed by atoms with E-state index in [-0.39, 0.29) is 0 Å². The third kappa shape index (κ3) is 6.36. The molecule has 2 aromatic rings. The van der Waals surface area contributed by atoms with Gasteiger partial charge in [-0.25, -0.2) is 4.98 Å². The van der Waals surface area contributed by atoms with Crippen LogP contribution in [0.15, 0.2) is 41.0 Å². The average Bonchev–Trinajstić information content (AvgIpc) is 2.68. The Morgan fingerprint density at radius 2 is 1.78 bits per heavy atom. The molecule has 0 atom stereocenters. The van der Waals surface area contributed by atoms with Gasteiger partial charge in [0.05, 0.1) is 0 Å². The lowest BCUT2D eigenvalue weighted by Gasteiger charge is -2.30. The Hall–Kier alpha value is -1.86. The molecule has 0 saturated heterocycles. The largest absolute Gasteiger partial charge is 0.492 e. The minimum Gasteiger partial charge on any atom is -0.492 e. The van der Waals surface area contributed by atoms with Crippen molar-refractivity contribution in [1.29, 1.82) is 0 Å². The predicted octanol–water partition coefficient (Wildman–Crippen LogP) is 3.70. The van der Waals surface area contributed by atoms with Crippen molar-refractivity contribution in [3.8, 4) is 5.75 Å². The molecule has 0 aliphatic heterocycles. The van der Waals surface area contributed by atoms with Gasteiger partial charge in [-0.05, 0) is 56.0 Å². The van der Waals surface area contributed by atoms with Gasteiger partial charge in [-0.2, -0.15) is 4.98 Å². The van der Waals surface area contributed by atoms with Crippen molar-refractivity contribution < 1.29 is 4.74 Å². The Bertz CT molecular complexity index is 702. The van der Waals surface area contributed by atoms with E-state index in [0.29, 0.717) is 18.7 Å². The molecule has 1 aliphatic carbocycles. The van der Waals surface area contributed by atoms with Crippen LogP contribution in [0.2, 0.25) is 0 Å². The first kappa shape index (κ1) is 19.9. The molecule has 1 aromatic heterocycles. The fourth-order valence-electron chi connectivity index (χ4n) is 3.25. The maximum Gasteiger partial charge on any atom is 0.224 e. The van der Waals surface area contributed by atoms with Crippen molar-refractivity contribution in [3.63, 3.8) is 0 Å². The summed E-state index contributed by atoms with van der Waals surface area (Å²) in [6.07, 6.45) is 6.37. The van der Waals surface area contributed by atoms with Gasteiger partial charge in [0.25, 0.3) is 0 Å². The number of anilines is 2. The molecule has 1 fully saturated rings. The molecule has 3 rings (SSSR count). The second-order valence-electron chi connectivity index (χ2n) is 7.08. The van der Waals surface area contributed by atoms with Gasteiger partial charge in [-0.1, -0.05) is 15.9 Å². The summed E-state index contributed by atoms with van der Waals surface area (Å²) < 4.78 is 6.83. The highest BCUT2D eigenvalue weighted by Crippen LogP contribution is 2.22. The first-order chi connectivity index (χ1) is 13.1. The summed E-state index contributed by atoms with van der Waals surface area (Å²) in [7, 11) is 3.98. The minimum absolute atomic E-state index is 0.444. The Balaban J connectivity index is 1.34. The number of ether oxygens (including phenoxy) is 1. The smallest absolute Gasteiger partial charge is 0.224 e. The van der Waals surface area contributed by atoms with Crippen molar-refractivity contribution in [2.24, 2.45) is 0 Å². The molecule has 0 amide bonds. The summed E-state index contributed by atoms with van der Waals surface area (Å²) >= 11 is 3.43. The van der Waals surface area contributed by atoms with Crippen LogP contribution in [0, 0.1) is 0 Å². The number of aromatic nitrogens is 2. The van der Waals surface area contributed by atoms with Gasteiger partial charge in [-0.15, -0.1) is 0 Å². The second-order valence-corrected chi connectivity index (χ2v) is 8.00. The third-order valence-electron chi connectivity index (χ3n) is 4.78. The van der Waals surface area contributed by atoms with Crippen LogP contribution >= 0.6 is 15.9 Å². The summed E-state index contributed by atoms with van der Waals surface area (Å²) in [5.74, 6) is 2.56. The zero-order valence-corrected chi connectivity index (χ0v) is 17.6. The van der Waals surface area contributed by atoms with Crippen LogP contribution in [-0.4, -0.2) is 49.3 Å². The van der Waals surface area contributed by atoms with E-state index in [0.717, 1.165) is 54.2 Å². The molecule has 0 spiro atoms. The highest BCUT2D eigenvalue weighted by molar-refractivity contribution is 9.10. The van der Waals surface area contributed by atoms with Gasteiger partial charge >= 0.3 is 0 Å². The zero-order valence-electron chi connectivity index (χ0n) is 16.0. The lowest BCUT2D eigenvalue weighted by Crippen LogP contribution is -2.38. The van der Waals surface area contributed by atoms with Crippen LogP contribution in [-0.2, 0) is 0 Å². The van der Waals surface area contributed by atoms with Crippen LogP contribution in [0.5, 0.6) is 5.75 Å². The van der Waals surface area contributed by atoms with E-state index in [2.05, 4.69) is 36.5 Å². The first-order valence-corrected chi connectivity index (χ1v) is 10.3. The van der Waals surface area contributed by atoms with Gasteiger partial charge in [0.2, 0.25) is 5.95 Å². The van der Waals surface area contributed by atoms with E-state index >= 15 is 0 Å². The van der Waals surface area contributed by atoms with E-state index in [1.807, 2.05) is 55.5 Å². The van der Waals surface area contributed by atoms with Gasteiger partial charge in [0, 0.05) is 43.4 Å². The molecular formula is C20H28BrN5O. The van der Waals surface area contributed by atoms with E-state index in [9.17, 15) is 0 Å². The van der Waals surface area contributed by atoms with Gasteiger partial charge < -0.3 is 20.3 Å². The molecule has 6 nitrogen and oxygen atoms in total. The van der Waals surface area contributed by atoms with Gasteiger partial charge in [-0.3, -0.25) is 0 Å². The Kier molecular flexibility index (Phi) is 7.29. The summed E-state index contributed by atoms with van der Waals surface area (Å²) in [6.45, 7) is 1.55. The fourth-order valence-corrected chi connectivity index (χ4v) is 3.52. The van der Waals surface area contributed by atoms with E-state index in [4.69, 9.17) is 4.74 Å². The third-order valence-corrected chi connectivity index (χ3v) is 5.31. The van der Waals surface area contributed by atoms with Gasteiger partial charge in [0.15, 0.2) is 0 Å². The monoisotopic (exact) mass is 433 g/mol. The number of hydrogen-bond donors (Lipinski definition) is 2. The molecular weight excluding hydrogens is 406 g/mol. The minimum atomic E-state index is 0.444. The standard InChI is InChI=1S/C20H28BrN5O/c1-26(2)19-11-12-23-20(25-19)24-17-7-5-16(6-8-17)22-13-14-27-18-9-3-15(21)4-10-18/h3-4,9-12,16-17,22H,5-8,13-14H2,1-2H3,(H,23,24,25)/t16-,17+. The molecule has 1 heterocycles. The van der Waals surface area contributed by atoms with Crippen LogP contribution < -0.4 is 20.3 Å². The number of rotatable bonds is 8. The molecule has 146 valence electrons. The predicted molar refractivity (Wildman–Crippen MR) is 114 cm³/mol. The van der Waals surface area contributed by atoms with E-state index in [1.165, 1.54) is 0 Å². The molecule has 0 bridgehead atoms. The van der Waals surface area contributed by atoms with E-state index in [1.54, 1.807) is 0 Å². The van der Waals surface area contributed by atoms with Crippen LogP contribution in [0.3, 0.4) is 0 Å². The quantitative estimate of drug-likeness (QED) is 0.618. The highest BCUT2D eigenvalue weighted by atomic mass is 79.9. The summed E-state index contributed by atoms with van der Waals surface area (Å²) in [5, 5.41) is 7.10. The Morgan fingerprint density at radius 1 is 1.07 bits per heavy atom. The second kappa shape index (κ2) is 9.90. The van der Waals surface area contributed by atoms with Crippen LogP contribution in [0.25, 0.3) is 0 Å². The van der Waals surface area contributed by atoms with Gasteiger partial charge in [0.1, 0.15) is 18.2 Å². The molecule has 0 radical (unpaired) electrons. The normalized spacial score (nSPS) is 19.5. The summed E-state index contributed by atoms with van der Waals surface area (Å²) in [4.78, 5) is 10.9. The zero-order chi connectivity index (χ0) is 19.1. The number of halogens is 1. The molecule has 1 aromatic carbocycles. The van der Waals surface area contributed by atoms with Crippen molar-refractivity contribution in [1.82, 2.24) is 15.3 Å². The molecule has 1 aliphatic rings. The Labute approximate surface area is 169 Å². The van der Waals surface area contributed by atoms with Crippen molar-refractivity contribution >= 4 is 27.7 Å². The number of benzene rings is 1. The molecule has 0 unspecified atom stereocenters. The summed E-state index contributed by atoms with van der Waals surface area (Å²) in [5.41, 5.74) is 0. The SMILES string of the molecule is CN(C)c1ccnc(N[C@H]2CC[C@@H](NCCOc3ccc(Br)cc3)CC2)n1.